The molecule has 0 amide bonds. The van der Waals surface area contributed by atoms with Gasteiger partial charge in [0.25, 0.3) is 0 Å². The third kappa shape index (κ3) is 1.75. The van der Waals surface area contributed by atoms with Crippen molar-refractivity contribution in [3.8, 4) is 0 Å². The summed E-state index contributed by atoms with van der Waals surface area (Å²) < 4.78 is 0. The van der Waals surface area contributed by atoms with Crippen molar-refractivity contribution in [2.75, 3.05) is 13.1 Å². The third-order valence-electron chi connectivity index (χ3n) is 3.87. The molecule has 0 aliphatic carbocycles. The van der Waals surface area contributed by atoms with Crippen LogP contribution in [0.4, 0.5) is 0 Å². The summed E-state index contributed by atoms with van der Waals surface area (Å²) in [5.74, 6) is 0.559. The number of rotatable bonds is 2. The van der Waals surface area contributed by atoms with E-state index in [9.17, 15) is 0 Å². The number of nitrogens with two attached hydrogens (primary N) is 1. The smallest absolute Gasteiger partial charge is 0.0514 e. The van der Waals surface area contributed by atoms with Crippen molar-refractivity contribution >= 4 is 10.9 Å². The van der Waals surface area contributed by atoms with Gasteiger partial charge in [0.15, 0.2) is 0 Å². The van der Waals surface area contributed by atoms with Gasteiger partial charge < -0.3 is 16.0 Å². The highest BCUT2D eigenvalue weighted by Crippen LogP contribution is 2.31. The number of fused-ring (bicyclic) bond motifs is 1. The molecule has 17 heavy (non-hydrogen) atoms. The van der Waals surface area contributed by atoms with Crippen LogP contribution in [0.3, 0.4) is 0 Å². The molecule has 2 aromatic rings. The Hall–Kier alpha value is -1.32. The Balaban J connectivity index is 2.03. The van der Waals surface area contributed by atoms with Crippen LogP contribution in [0.1, 0.15) is 23.7 Å². The standard InChI is InChI=1S/C14H19N3/c1-9-3-2-4-10-7-12(17-13(9)10)14-11(8-15)5-6-16-14/h2-4,7,11,14,16-17H,5-6,8,15H2,1H3. The van der Waals surface area contributed by atoms with E-state index in [0.29, 0.717) is 12.0 Å². The minimum atomic E-state index is 0.395. The highest BCUT2D eigenvalue weighted by molar-refractivity contribution is 5.83. The molecule has 2 unspecified atom stereocenters. The Kier molecular flexibility index (Phi) is 2.65. The number of H-pyrrole nitrogens is 1. The molecule has 3 rings (SSSR count). The molecular formula is C14H19N3. The second-order valence-electron chi connectivity index (χ2n) is 4.98. The maximum absolute atomic E-state index is 5.83. The van der Waals surface area contributed by atoms with Crippen LogP contribution in [0.25, 0.3) is 10.9 Å². The molecule has 3 heteroatoms. The lowest BCUT2D eigenvalue weighted by atomic mass is 9.98. The average Bonchev–Trinajstić information content (AvgIpc) is 2.94. The summed E-state index contributed by atoms with van der Waals surface area (Å²) in [4.78, 5) is 3.55. The van der Waals surface area contributed by atoms with E-state index in [2.05, 4.69) is 41.5 Å². The zero-order valence-corrected chi connectivity index (χ0v) is 10.2. The predicted molar refractivity (Wildman–Crippen MR) is 70.9 cm³/mol. The zero-order chi connectivity index (χ0) is 11.8. The van der Waals surface area contributed by atoms with Crippen molar-refractivity contribution in [2.24, 2.45) is 11.7 Å². The van der Waals surface area contributed by atoms with Crippen LogP contribution in [-0.4, -0.2) is 18.1 Å². The normalized spacial score (nSPS) is 24.6. The minimum Gasteiger partial charge on any atom is -0.357 e. The first-order valence-corrected chi connectivity index (χ1v) is 6.31. The second kappa shape index (κ2) is 4.17. The fourth-order valence-electron chi connectivity index (χ4n) is 2.87. The van der Waals surface area contributed by atoms with E-state index in [4.69, 9.17) is 5.73 Å². The molecule has 1 aliphatic heterocycles. The molecule has 1 aromatic heterocycles. The summed E-state index contributed by atoms with van der Waals surface area (Å²) in [6.45, 7) is 3.97. The maximum atomic E-state index is 5.83. The molecule has 1 fully saturated rings. The Labute approximate surface area is 101 Å². The van der Waals surface area contributed by atoms with Crippen LogP contribution in [-0.2, 0) is 0 Å². The number of benzene rings is 1. The molecule has 0 saturated carbocycles. The molecule has 1 saturated heterocycles. The van der Waals surface area contributed by atoms with Crippen LogP contribution in [0.2, 0.25) is 0 Å². The monoisotopic (exact) mass is 229 g/mol. The fourth-order valence-corrected chi connectivity index (χ4v) is 2.87. The van der Waals surface area contributed by atoms with Gasteiger partial charge in [0.05, 0.1) is 6.04 Å². The van der Waals surface area contributed by atoms with Gasteiger partial charge in [-0.25, -0.2) is 0 Å². The van der Waals surface area contributed by atoms with E-state index in [1.165, 1.54) is 28.6 Å². The van der Waals surface area contributed by atoms with Gasteiger partial charge in [0.2, 0.25) is 0 Å². The highest BCUT2D eigenvalue weighted by atomic mass is 15.0. The summed E-state index contributed by atoms with van der Waals surface area (Å²) >= 11 is 0. The Morgan fingerprint density at radius 3 is 3.06 bits per heavy atom. The molecule has 2 atom stereocenters. The van der Waals surface area contributed by atoms with E-state index in [1.54, 1.807) is 0 Å². The SMILES string of the molecule is Cc1cccc2cc(C3NCCC3CN)[nH]c12. The summed E-state index contributed by atoms with van der Waals surface area (Å²) in [6.07, 6.45) is 1.18. The number of para-hydroxylation sites is 1. The third-order valence-corrected chi connectivity index (χ3v) is 3.87. The lowest BCUT2D eigenvalue weighted by Crippen LogP contribution is -2.23. The van der Waals surface area contributed by atoms with Crippen molar-refractivity contribution in [2.45, 2.75) is 19.4 Å². The molecule has 1 aromatic carbocycles. The number of aromatic amines is 1. The Bertz CT molecular complexity index is 529. The summed E-state index contributed by atoms with van der Waals surface area (Å²) in [5.41, 5.74) is 9.67. The number of hydrogen-bond acceptors (Lipinski definition) is 2. The quantitative estimate of drug-likeness (QED) is 0.738. The molecule has 4 N–H and O–H groups in total. The summed E-state index contributed by atoms with van der Waals surface area (Å²) in [7, 11) is 0. The van der Waals surface area contributed by atoms with E-state index < -0.39 is 0 Å². The second-order valence-corrected chi connectivity index (χ2v) is 4.98. The van der Waals surface area contributed by atoms with E-state index in [0.717, 1.165) is 13.1 Å². The van der Waals surface area contributed by atoms with Crippen molar-refractivity contribution in [3.63, 3.8) is 0 Å². The van der Waals surface area contributed by atoms with Crippen LogP contribution < -0.4 is 11.1 Å². The van der Waals surface area contributed by atoms with Crippen LogP contribution in [0.15, 0.2) is 24.3 Å². The molecule has 0 spiro atoms. The van der Waals surface area contributed by atoms with Gasteiger partial charge in [-0.3, -0.25) is 0 Å². The largest absolute Gasteiger partial charge is 0.357 e. The van der Waals surface area contributed by atoms with Crippen molar-refractivity contribution in [3.05, 3.63) is 35.5 Å². The van der Waals surface area contributed by atoms with Gasteiger partial charge in [0, 0.05) is 11.2 Å². The number of nitrogens with one attached hydrogen (secondary N) is 2. The molecular weight excluding hydrogens is 210 g/mol. The van der Waals surface area contributed by atoms with Gasteiger partial charge in [-0.1, -0.05) is 18.2 Å². The van der Waals surface area contributed by atoms with Gasteiger partial charge in [-0.05, 0) is 49.4 Å². The van der Waals surface area contributed by atoms with Gasteiger partial charge in [-0.2, -0.15) is 0 Å². The first-order chi connectivity index (χ1) is 8.29. The minimum absolute atomic E-state index is 0.395. The van der Waals surface area contributed by atoms with Crippen LogP contribution in [0.5, 0.6) is 0 Å². The maximum Gasteiger partial charge on any atom is 0.0514 e. The summed E-state index contributed by atoms with van der Waals surface area (Å²) in [5, 5.41) is 4.84. The van der Waals surface area contributed by atoms with Gasteiger partial charge in [0.1, 0.15) is 0 Å². The Morgan fingerprint density at radius 1 is 1.41 bits per heavy atom. The fraction of sp³-hybridized carbons (Fsp3) is 0.429. The first kappa shape index (κ1) is 10.8. The van der Waals surface area contributed by atoms with Crippen molar-refractivity contribution in [1.82, 2.24) is 10.3 Å². The van der Waals surface area contributed by atoms with Gasteiger partial charge >= 0.3 is 0 Å². The number of aryl methyl sites for hydroxylation is 1. The highest BCUT2D eigenvalue weighted by Gasteiger charge is 2.28. The van der Waals surface area contributed by atoms with Gasteiger partial charge in [-0.15, -0.1) is 0 Å². The average molecular weight is 229 g/mol. The molecule has 3 nitrogen and oxygen atoms in total. The summed E-state index contributed by atoms with van der Waals surface area (Å²) in [6, 6.07) is 9.07. The zero-order valence-electron chi connectivity index (χ0n) is 10.2. The number of aromatic nitrogens is 1. The molecule has 2 heterocycles. The Morgan fingerprint density at radius 2 is 2.29 bits per heavy atom. The van der Waals surface area contributed by atoms with Crippen molar-refractivity contribution < 1.29 is 0 Å². The van der Waals surface area contributed by atoms with E-state index in [-0.39, 0.29) is 0 Å². The van der Waals surface area contributed by atoms with E-state index in [1.807, 2.05) is 0 Å². The van der Waals surface area contributed by atoms with Crippen molar-refractivity contribution in [1.29, 1.82) is 0 Å². The molecule has 1 aliphatic rings. The molecule has 90 valence electrons. The molecule has 0 bridgehead atoms. The van der Waals surface area contributed by atoms with Crippen LogP contribution >= 0.6 is 0 Å². The van der Waals surface area contributed by atoms with E-state index >= 15 is 0 Å². The number of hydrogen-bond donors (Lipinski definition) is 3. The topological polar surface area (TPSA) is 53.8 Å². The first-order valence-electron chi connectivity index (χ1n) is 6.31. The predicted octanol–water partition coefficient (Wildman–Crippen LogP) is 2.09. The molecule has 0 radical (unpaired) electrons. The lowest BCUT2D eigenvalue weighted by molar-refractivity contribution is 0.465. The van der Waals surface area contributed by atoms with Crippen LogP contribution in [0, 0.1) is 12.8 Å². The lowest BCUT2D eigenvalue weighted by Gasteiger charge is -2.16.